The first kappa shape index (κ1) is 15.9. The molecule has 0 bridgehead atoms. The maximum Gasteiger partial charge on any atom is 0.338 e. The Morgan fingerprint density at radius 1 is 1.24 bits per heavy atom. The second-order valence-electron chi connectivity index (χ2n) is 5.45. The van der Waals surface area contributed by atoms with Gasteiger partial charge in [0.1, 0.15) is 12.7 Å². The van der Waals surface area contributed by atoms with Crippen LogP contribution in [0.1, 0.15) is 24.2 Å². The Morgan fingerprint density at radius 3 is 2.52 bits per heavy atom. The van der Waals surface area contributed by atoms with Crippen LogP contribution in [0.2, 0.25) is 0 Å². The largest absolute Gasteiger partial charge is 0.459 e. The van der Waals surface area contributed by atoms with Crippen LogP contribution in [-0.4, -0.2) is 43.3 Å². The third-order valence-electron chi connectivity index (χ3n) is 4.11. The van der Waals surface area contributed by atoms with Gasteiger partial charge in [0.05, 0.1) is 11.7 Å². The van der Waals surface area contributed by atoms with E-state index >= 15 is 0 Å². The Kier molecular flexibility index (Phi) is 5.33. The molecule has 1 aliphatic heterocycles. The summed E-state index contributed by atoms with van der Waals surface area (Å²) in [4.78, 5) is 11.9. The smallest absolute Gasteiger partial charge is 0.338 e. The zero-order chi connectivity index (χ0) is 15.4. The lowest BCUT2D eigenvalue weighted by Gasteiger charge is -2.41. The highest BCUT2D eigenvalue weighted by atomic mass is 16.7. The Morgan fingerprint density at radius 2 is 1.90 bits per heavy atom. The number of carbonyl (C=O) groups is 1. The van der Waals surface area contributed by atoms with Gasteiger partial charge in [-0.05, 0) is 18.1 Å². The lowest BCUT2D eigenvalue weighted by molar-refractivity contribution is -0.259. The molecule has 1 fully saturated rings. The molecule has 1 saturated heterocycles. The average molecular weight is 294 g/mol. The third-order valence-corrected chi connectivity index (χ3v) is 4.11. The first-order valence-corrected chi connectivity index (χ1v) is 7.13. The number of carbonyl (C=O) groups excluding carboxylic acids is 1. The zero-order valence-electron chi connectivity index (χ0n) is 12.6. The fraction of sp³-hybridized carbons (Fsp3) is 0.562. The number of methoxy groups -OCH3 is 1. The highest BCUT2D eigenvalue weighted by molar-refractivity contribution is 5.89. The van der Waals surface area contributed by atoms with Crippen LogP contribution in [0.5, 0.6) is 0 Å². The Hall–Kier alpha value is -1.43. The van der Waals surface area contributed by atoms with E-state index in [9.17, 15) is 9.90 Å². The van der Waals surface area contributed by atoms with Gasteiger partial charge in [0, 0.05) is 13.0 Å². The van der Waals surface area contributed by atoms with Crippen molar-refractivity contribution in [3.05, 3.63) is 35.9 Å². The van der Waals surface area contributed by atoms with Gasteiger partial charge in [-0.25, -0.2) is 4.79 Å². The van der Waals surface area contributed by atoms with Gasteiger partial charge in [-0.15, -0.1) is 0 Å². The van der Waals surface area contributed by atoms with Crippen molar-refractivity contribution in [2.24, 2.45) is 11.8 Å². The lowest BCUT2D eigenvalue weighted by Crippen LogP contribution is -2.51. The fourth-order valence-electron chi connectivity index (χ4n) is 2.50. The van der Waals surface area contributed by atoms with E-state index < -0.39 is 24.5 Å². The summed E-state index contributed by atoms with van der Waals surface area (Å²) >= 11 is 0. The summed E-state index contributed by atoms with van der Waals surface area (Å²) in [6.45, 7) is 3.91. The molecule has 1 N–H and O–H groups in total. The van der Waals surface area contributed by atoms with Gasteiger partial charge in [-0.2, -0.15) is 0 Å². The Balaban J connectivity index is 1.94. The summed E-state index contributed by atoms with van der Waals surface area (Å²) in [5.74, 6) is -0.346. The molecule has 1 aromatic rings. The standard InChI is InChI=1S/C16H22O5/c1-10-11(2)16(19-3)21-13(14(10)17)9-20-15(18)12-7-5-4-6-8-12/h4-8,10-11,13-14,16-17H,9H2,1-3H3/t10-,11?,13?,14-,16-/m1/s1. The van der Waals surface area contributed by atoms with Crippen LogP contribution < -0.4 is 0 Å². The van der Waals surface area contributed by atoms with Crippen molar-refractivity contribution in [1.82, 2.24) is 0 Å². The molecule has 0 amide bonds. The topological polar surface area (TPSA) is 65.0 Å². The molecule has 0 aromatic heterocycles. The van der Waals surface area contributed by atoms with Crippen LogP contribution >= 0.6 is 0 Å². The molecule has 1 heterocycles. The number of esters is 1. The van der Waals surface area contributed by atoms with Crippen molar-refractivity contribution < 1.29 is 24.1 Å². The van der Waals surface area contributed by atoms with Crippen LogP contribution in [0.3, 0.4) is 0 Å². The molecule has 2 rings (SSSR count). The molecule has 0 radical (unpaired) electrons. The van der Waals surface area contributed by atoms with E-state index in [-0.39, 0.29) is 18.4 Å². The predicted octanol–water partition coefficient (Wildman–Crippen LogP) is 1.85. The van der Waals surface area contributed by atoms with Crippen molar-refractivity contribution >= 4 is 5.97 Å². The minimum absolute atomic E-state index is 0.00382. The predicted molar refractivity (Wildman–Crippen MR) is 76.7 cm³/mol. The van der Waals surface area contributed by atoms with Gasteiger partial charge in [-0.3, -0.25) is 0 Å². The molecule has 1 aliphatic rings. The first-order valence-electron chi connectivity index (χ1n) is 7.13. The number of aliphatic hydroxyl groups excluding tert-OH is 1. The summed E-state index contributed by atoms with van der Waals surface area (Å²) in [5, 5.41) is 10.2. The molecule has 21 heavy (non-hydrogen) atoms. The average Bonchev–Trinajstić information content (AvgIpc) is 2.52. The van der Waals surface area contributed by atoms with Crippen molar-refractivity contribution in [3.8, 4) is 0 Å². The molecular weight excluding hydrogens is 272 g/mol. The summed E-state index contributed by atoms with van der Waals surface area (Å²) in [7, 11) is 1.57. The molecule has 0 spiro atoms. The molecule has 0 aliphatic carbocycles. The van der Waals surface area contributed by atoms with Gasteiger partial charge in [-0.1, -0.05) is 32.0 Å². The lowest BCUT2D eigenvalue weighted by atomic mass is 9.85. The van der Waals surface area contributed by atoms with Crippen LogP contribution in [0.15, 0.2) is 30.3 Å². The number of hydrogen-bond donors (Lipinski definition) is 1. The van der Waals surface area contributed by atoms with Crippen molar-refractivity contribution in [3.63, 3.8) is 0 Å². The number of aliphatic hydroxyl groups is 1. The highest BCUT2D eigenvalue weighted by Gasteiger charge is 2.41. The van der Waals surface area contributed by atoms with E-state index in [2.05, 4.69) is 0 Å². The second-order valence-corrected chi connectivity index (χ2v) is 5.45. The van der Waals surface area contributed by atoms with Crippen molar-refractivity contribution in [2.75, 3.05) is 13.7 Å². The summed E-state index contributed by atoms with van der Waals surface area (Å²) in [5.41, 5.74) is 0.479. The van der Waals surface area contributed by atoms with Gasteiger partial charge in [0.2, 0.25) is 0 Å². The van der Waals surface area contributed by atoms with Crippen LogP contribution in [-0.2, 0) is 14.2 Å². The highest BCUT2D eigenvalue weighted by Crippen LogP contribution is 2.31. The van der Waals surface area contributed by atoms with E-state index in [1.165, 1.54) is 0 Å². The normalized spacial score (nSPS) is 32.7. The zero-order valence-corrected chi connectivity index (χ0v) is 12.6. The Bertz CT molecular complexity index is 459. The van der Waals surface area contributed by atoms with Gasteiger partial charge in [0.25, 0.3) is 0 Å². The molecule has 116 valence electrons. The van der Waals surface area contributed by atoms with Crippen molar-refractivity contribution in [2.45, 2.75) is 32.3 Å². The number of hydrogen-bond acceptors (Lipinski definition) is 5. The second kappa shape index (κ2) is 7.02. The summed E-state index contributed by atoms with van der Waals surface area (Å²) < 4.78 is 16.2. The van der Waals surface area contributed by atoms with E-state index in [0.717, 1.165) is 0 Å². The number of ether oxygens (including phenoxy) is 3. The monoisotopic (exact) mass is 294 g/mol. The molecule has 1 aromatic carbocycles. The molecule has 5 atom stereocenters. The molecule has 0 saturated carbocycles. The number of rotatable bonds is 4. The van der Waals surface area contributed by atoms with Crippen LogP contribution in [0, 0.1) is 11.8 Å². The number of benzene rings is 1. The summed E-state index contributed by atoms with van der Waals surface area (Å²) in [6, 6.07) is 8.74. The van der Waals surface area contributed by atoms with Gasteiger partial charge >= 0.3 is 5.97 Å². The molecular formula is C16H22O5. The summed E-state index contributed by atoms with van der Waals surface area (Å²) in [6.07, 6.45) is -1.66. The third kappa shape index (κ3) is 3.61. The van der Waals surface area contributed by atoms with E-state index in [0.29, 0.717) is 5.56 Å². The van der Waals surface area contributed by atoms with Crippen LogP contribution in [0.4, 0.5) is 0 Å². The fourth-order valence-corrected chi connectivity index (χ4v) is 2.50. The molecule has 5 heteroatoms. The van der Waals surface area contributed by atoms with Gasteiger partial charge in [0.15, 0.2) is 6.29 Å². The van der Waals surface area contributed by atoms with Crippen molar-refractivity contribution in [1.29, 1.82) is 0 Å². The Labute approximate surface area is 124 Å². The maximum atomic E-state index is 11.9. The molecule has 2 unspecified atom stereocenters. The minimum Gasteiger partial charge on any atom is -0.459 e. The maximum absolute atomic E-state index is 11.9. The van der Waals surface area contributed by atoms with E-state index in [1.54, 1.807) is 31.4 Å². The SMILES string of the molecule is CO[C@@H]1OC(COC(=O)c2ccccc2)[C@H](O)[C@H](C)C1C. The van der Waals surface area contributed by atoms with Crippen LogP contribution in [0.25, 0.3) is 0 Å². The minimum atomic E-state index is -0.685. The molecule has 5 nitrogen and oxygen atoms in total. The van der Waals surface area contributed by atoms with E-state index in [4.69, 9.17) is 14.2 Å². The first-order chi connectivity index (χ1) is 10.0. The van der Waals surface area contributed by atoms with E-state index in [1.807, 2.05) is 19.9 Å². The van der Waals surface area contributed by atoms with Gasteiger partial charge < -0.3 is 19.3 Å². The quantitative estimate of drug-likeness (QED) is 0.859.